The summed E-state index contributed by atoms with van der Waals surface area (Å²) in [5.41, 5.74) is 1.78. The number of sulfonamides is 1. The molecule has 1 saturated heterocycles. The summed E-state index contributed by atoms with van der Waals surface area (Å²) < 4.78 is 30.4. The van der Waals surface area contributed by atoms with Crippen molar-refractivity contribution in [2.45, 2.75) is 12.3 Å². The van der Waals surface area contributed by atoms with Gasteiger partial charge in [-0.05, 0) is 17.1 Å². The van der Waals surface area contributed by atoms with Crippen LogP contribution in [0.25, 0.3) is 0 Å². The lowest BCUT2D eigenvalue weighted by molar-refractivity contribution is 0.180. The third-order valence-corrected chi connectivity index (χ3v) is 6.11. The van der Waals surface area contributed by atoms with E-state index in [-0.39, 0.29) is 5.75 Å². The molecule has 0 aliphatic carbocycles. The second kappa shape index (κ2) is 6.82. The fourth-order valence-corrected chi connectivity index (χ4v) is 4.48. The van der Waals surface area contributed by atoms with E-state index >= 15 is 0 Å². The van der Waals surface area contributed by atoms with Gasteiger partial charge in [0.1, 0.15) is 0 Å². The summed E-state index contributed by atoms with van der Waals surface area (Å²) in [6.45, 7) is 3.26. The minimum absolute atomic E-state index is 0.0733. The van der Waals surface area contributed by atoms with Gasteiger partial charge in [0.15, 0.2) is 0 Å². The highest BCUT2D eigenvalue weighted by molar-refractivity contribution is 7.88. The normalized spacial score (nSPS) is 17.6. The summed E-state index contributed by atoms with van der Waals surface area (Å²) in [7, 11) is -3.24. The highest BCUT2D eigenvalue weighted by Crippen LogP contribution is 2.14. The van der Waals surface area contributed by atoms with Crippen LogP contribution in [0, 0.1) is 0 Å². The van der Waals surface area contributed by atoms with E-state index in [0.29, 0.717) is 13.1 Å². The van der Waals surface area contributed by atoms with Crippen LogP contribution in [0.3, 0.4) is 0 Å². The molecular formula is C14H18N4O2S2. The molecule has 22 heavy (non-hydrogen) atoms. The Labute approximate surface area is 134 Å². The standard InChI is InChI=1S/C14H18N4O2S2/c19-22(20,12-13-4-2-1-3-5-13)18-8-6-17(7-9-18)10-14-11-21-16-15-14/h1-5,11H,6-10,12H2. The second-order valence-electron chi connectivity index (χ2n) is 5.31. The lowest BCUT2D eigenvalue weighted by Crippen LogP contribution is -2.48. The van der Waals surface area contributed by atoms with Crippen molar-refractivity contribution < 1.29 is 8.42 Å². The number of rotatable bonds is 5. The van der Waals surface area contributed by atoms with Crippen LogP contribution in [0.15, 0.2) is 35.7 Å². The van der Waals surface area contributed by atoms with Crippen LogP contribution in [-0.2, 0) is 22.3 Å². The molecule has 8 heteroatoms. The van der Waals surface area contributed by atoms with Crippen molar-refractivity contribution in [2.24, 2.45) is 0 Å². The monoisotopic (exact) mass is 338 g/mol. The van der Waals surface area contributed by atoms with Crippen molar-refractivity contribution >= 4 is 21.6 Å². The van der Waals surface area contributed by atoms with Crippen molar-refractivity contribution in [3.8, 4) is 0 Å². The van der Waals surface area contributed by atoms with Crippen molar-refractivity contribution in [3.63, 3.8) is 0 Å². The van der Waals surface area contributed by atoms with E-state index in [9.17, 15) is 8.42 Å². The summed E-state index contributed by atoms with van der Waals surface area (Å²) >= 11 is 1.34. The number of aromatic nitrogens is 2. The van der Waals surface area contributed by atoms with E-state index in [4.69, 9.17) is 0 Å². The van der Waals surface area contributed by atoms with Gasteiger partial charge < -0.3 is 0 Å². The Hall–Kier alpha value is -1.35. The van der Waals surface area contributed by atoms with Crippen LogP contribution in [0.2, 0.25) is 0 Å². The number of hydrogen-bond donors (Lipinski definition) is 0. The van der Waals surface area contributed by atoms with Gasteiger partial charge in [0.2, 0.25) is 10.0 Å². The molecule has 6 nitrogen and oxygen atoms in total. The molecule has 0 N–H and O–H groups in total. The number of hydrogen-bond acceptors (Lipinski definition) is 6. The number of nitrogens with zero attached hydrogens (tertiary/aromatic N) is 4. The number of benzene rings is 1. The van der Waals surface area contributed by atoms with Gasteiger partial charge in [-0.25, -0.2) is 8.42 Å². The first-order chi connectivity index (χ1) is 10.6. The quantitative estimate of drug-likeness (QED) is 0.819. The molecule has 0 atom stereocenters. The molecular weight excluding hydrogens is 320 g/mol. The Kier molecular flexibility index (Phi) is 4.82. The number of piperazine rings is 1. The molecule has 0 spiro atoms. The van der Waals surface area contributed by atoms with Crippen LogP contribution in [0.4, 0.5) is 0 Å². The summed E-state index contributed by atoms with van der Waals surface area (Å²) in [4.78, 5) is 2.21. The first-order valence-corrected chi connectivity index (χ1v) is 9.58. The van der Waals surface area contributed by atoms with Crippen molar-refractivity contribution in [1.82, 2.24) is 18.8 Å². The zero-order chi connectivity index (χ0) is 15.4. The highest BCUT2D eigenvalue weighted by Gasteiger charge is 2.27. The van der Waals surface area contributed by atoms with Crippen molar-refractivity contribution in [1.29, 1.82) is 0 Å². The maximum atomic E-state index is 12.5. The third kappa shape index (κ3) is 3.89. The van der Waals surface area contributed by atoms with Gasteiger partial charge in [0.05, 0.1) is 11.4 Å². The smallest absolute Gasteiger partial charge is 0.218 e. The van der Waals surface area contributed by atoms with E-state index < -0.39 is 10.0 Å². The molecule has 1 fully saturated rings. The predicted octanol–water partition coefficient (Wildman–Crippen LogP) is 1.19. The van der Waals surface area contributed by atoms with Gasteiger partial charge in [-0.1, -0.05) is 34.8 Å². The first-order valence-electron chi connectivity index (χ1n) is 7.13. The van der Waals surface area contributed by atoms with E-state index in [1.165, 1.54) is 11.5 Å². The molecule has 0 bridgehead atoms. The summed E-state index contributed by atoms with van der Waals surface area (Å²) in [5, 5.41) is 5.96. The zero-order valence-corrected chi connectivity index (χ0v) is 13.8. The molecule has 0 radical (unpaired) electrons. The molecule has 1 aliphatic rings. The minimum Gasteiger partial charge on any atom is -0.295 e. The van der Waals surface area contributed by atoms with Crippen LogP contribution in [-0.4, -0.2) is 53.4 Å². The molecule has 1 aromatic carbocycles. The Balaban J connectivity index is 1.56. The van der Waals surface area contributed by atoms with Gasteiger partial charge in [-0.3, -0.25) is 4.90 Å². The average Bonchev–Trinajstić information content (AvgIpc) is 3.01. The summed E-state index contributed by atoms with van der Waals surface area (Å²) in [5.74, 6) is 0.0733. The van der Waals surface area contributed by atoms with Gasteiger partial charge >= 0.3 is 0 Å². The molecule has 3 rings (SSSR count). The first kappa shape index (κ1) is 15.5. The zero-order valence-electron chi connectivity index (χ0n) is 12.1. The third-order valence-electron chi connectivity index (χ3n) is 3.71. The maximum Gasteiger partial charge on any atom is 0.218 e. The summed E-state index contributed by atoms with van der Waals surface area (Å²) in [6.07, 6.45) is 0. The van der Waals surface area contributed by atoms with E-state index in [0.717, 1.165) is 30.9 Å². The molecule has 0 unspecified atom stereocenters. The molecule has 0 saturated carbocycles. The molecule has 2 aromatic rings. The van der Waals surface area contributed by atoms with E-state index in [1.54, 1.807) is 4.31 Å². The van der Waals surface area contributed by atoms with Crippen molar-refractivity contribution in [2.75, 3.05) is 26.2 Å². The molecule has 1 aromatic heterocycles. The van der Waals surface area contributed by atoms with Crippen LogP contribution < -0.4 is 0 Å². The summed E-state index contributed by atoms with van der Waals surface area (Å²) in [6, 6.07) is 9.32. The Bertz CT molecular complexity index is 681. The lowest BCUT2D eigenvalue weighted by atomic mass is 10.2. The maximum absolute atomic E-state index is 12.5. The largest absolute Gasteiger partial charge is 0.295 e. The SMILES string of the molecule is O=S(=O)(Cc1ccccc1)N1CCN(Cc2csnn2)CC1. The fourth-order valence-electron chi connectivity index (χ4n) is 2.52. The fraction of sp³-hybridized carbons (Fsp3) is 0.429. The predicted molar refractivity (Wildman–Crippen MR) is 85.8 cm³/mol. The molecule has 1 aliphatic heterocycles. The second-order valence-corrected chi connectivity index (χ2v) is 7.89. The van der Waals surface area contributed by atoms with Crippen molar-refractivity contribution in [3.05, 3.63) is 47.0 Å². The van der Waals surface area contributed by atoms with Gasteiger partial charge in [-0.2, -0.15) is 4.31 Å². The topological polar surface area (TPSA) is 66.4 Å². The van der Waals surface area contributed by atoms with Gasteiger partial charge in [-0.15, -0.1) is 5.10 Å². The Morgan fingerprint density at radius 1 is 1.09 bits per heavy atom. The molecule has 0 amide bonds. The van der Waals surface area contributed by atoms with Gasteiger partial charge in [0, 0.05) is 38.1 Å². The van der Waals surface area contributed by atoms with Gasteiger partial charge in [0.25, 0.3) is 0 Å². The minimum atomic E-state index is -3.24. The van der Waals surface area contributed by atoms with Crippen LogP contribution in [0.5, 0.6) is 0 Å². The van der Waals surface area contributed by atoms with Crippen LogP contribution >= 0.6 is 11.5 Å². The lowest BCUT2D eigenvalue weighted by Gasteiger charge is -2.33. The Morgan fingerprint density at radius 2 is 1.82 bits per heavy atom. The highest BCUT2D eigenvalue weighted by atomic mass is 32.2. The van der Waals surface area contributed by atoms with E-state index in [1.807, 2.05) is 35.7 Å². The molecule has 118 valence electrons. The Morgan fingerprint density at radius 3 is 2.45 bits per heavy atom. The molecule has 2 heterocycles. The van der Waals surface area contributed by atoms with Crippen LogP contribution in [0.1, 0.15) is 11.3 Å². The van der Waals surface area contributed by atoms with E-state index in [2.05, 4.69) is 14.5 Å². The average molecular weight is 338 g/mol.